The highest BCUT2D eigenvalue weighted by molar-refractivity contribution is 7.92. The second-order valence-corrected chi connectivity index (χ2v) is 10.8. The van der Waals surface area contributed by atoms with E-state index in [4.69, 9.17) is 16.3 Å². The van der Waals surface area contributed by atoms with Gasteiger partial charge in [0.15, 0.2) is 0 Å². The highest BCUT2D eigenvalue weighted by Crippen LogP contribution is 2.35. The van der Waals surface area contributed by atoms with Crippen molar-refractivity contribution < 1.29 is 22.9 Å². The van der Waals surface area contributed by atoms with Crippen molar-refractivity contribution in [3.05, 3.63) is 92.5 Å². The van der Waals surface area contributed by atoms with Crippen LogP contribution in [0.3, 0.4) is 0 Å². The molecule has 37 heavy (non-hydrogen) atoms. The third kappa shape index (κ3) is 6.99. The molecule has 0 bridgehead atoms. The van der Waals surface area contributed by atoms with E-state index < -0.39 is 27.4 Å². The molecule has 0 aliphatic carbocycles. The van der Waals surface area contributed by atoms with Gasteiger partial charge in [-0.3, -0.25) is 19.2 Å². The first-order chi connectivity index (χ1) is 17.5. The van der Waals surface area contributed by atoms with Crippen LogP contribution in [0.1, 0.15) is 23.1 Å². The van der Waals surface area contributed by atoms with Crippen LogP contribution in [0.4, 0.5) is 11.4 Å². The summed E-state index contributed by atoms with van der Waals surface area (Å²) in [5, 5.41) is 14.4. The molecule has 0 aliphatic heterocycles. The molecule has 9 nitrogen and oxygen atoms in total. The van der Waals surface area contributed by atoms with Crippen LogP contribution in [0.5, 0.6) is 5.75 Å². The van der Waals surface area contributed by atoms with Crippen LogP contribution in [0.25, 0.3) is 0 Å². The van der Waals surface area contributed by atoms with E-state index in [1.165, 1.54) is 44.4 Å². The lowest BCUT2D eigenvalue weighted by atomic mass is 10.1. The first kappa shape index (κ1) is 27.9. The van der Waals surface area contributed by atoms with Crippen molar-refractivity contribution in [1.29, 1.82) is 0 Å². The fraction of sp³-hybridized carbons (Fsp3) is 0.269. The monoisotopic (exact) mass is 545 g/mol. The molecule has 0 heterocycles. The Bertz CT molecular complexity index is 1390. The van der Waals surface area contributed by atoms with Crippen molar-refractivity contribution in [3.8, 4) is 5.75 Å². The van der Waals surface area contributed by atoms with Gasteiger partial charge in [-0.2, -0.15) is 0 Å². The van der Waals surface area contributed by atoms with Crippen molar-refractivity contribution in [2.24, 2.45) is 0 Å². The first-order valence-electron chi connectivity index (χ1n) is 11.5. The lowest BCUT2D eigenvalue weighted by Gasteiger charge is -2.26. The van der Waals surface area contributed by atoms with E-state index in [1.807, 2.05) is 31.2 Å². The van der Waals surface area contributed by atoms with E-state index in [9.17, 15) is 23.3 Å². The van der Waals surface area contributed by atoms with Gasteiger partial charge in [0.1, 0.15) is 12.3 Å². The number of nitrogens with zero attached hydrogens (tertiary/aromatic N) is 2. The lowest BCUT2D eigenvalue weighted by molar-refractivity contribution is -0.385. The van der Waals surface area contributed by atoms with Crippen LogP contribution in [-0.2, 0) is 21.2 Å². The summed E-state index contributed by atoms with van der Waals surface area (Å²) in [6.07, 6.45) is 1.41. The maximum Gasteiger partial charge on any atom is 0.273 e. The van der Waals surface area contributed by atoms with Crippen LogP contribution in [0, 0.1) is 24.0 Å². The lowest BCUT2D eigenvalue weighted by Crippen LogP contribution is -2.41. The number of nitro benzene ring substituents is 1. The molecule has 0 aliphatic rings. The molecule has 0 atom stereocenters. The minimum absolute atomic E-state index is 0.0352. The highest BCUT2D eigenvalue weighted by Gasteiger charge is 2.31. The van der Waals surface area contributed by atoms with Gasteiger partial charge in [0.2, 0.25) is 5.91 Å². The second kappa shape index (κ2) is 12.1. The van der Waals surface area contributed by atoms with E-state index in [0.29, 0.717) is 18.5 Å². The summed E-state index contributed by atoms with van der Waals surface area (Å²) >= 11 is 6.14. The number of nitrogens with one attached hydrogen (secondary N) is 1. The number of methoxy groups -OCH3 is 1. The third-order valence-corrected chi connectivity index (χ3v) is 7.74. The van der Waals surface area contributed by atoms with Gasteiger partial charge in [-0.25, -0.2) is 8.42 Å². The molecule has 0 unspecified atom stereocenters. The number of sulfonamides is 1. The Kier molecular flexibility index (Phi) is 9.12. The zero-order valence-corrected chi connectivity index (χ0v) is 22.3. The fourth-order valence-corrected chi connectivity index (χ4v) is 5.30. The predicted octanol–water partition coefficient (Wildman–Crippen LogP) is 4.82. The zero-order chi connectivity index (χ0) is 27.2. The van der Waals surface area contributed by atoms with E-state index in [0.717, 1.165) is 27.9 Å². The van der Waals surface area contributed by atoms with Gasteiger partial charge in [0, 0.05) is 23.2 Å². The Morgan fingerprint density at radius 2 is 1.78 bits per heavy atom. The fourth-order valence-electron chi connectivity index (χ4n) is 3.69. The SMILES string of the molecule is COc1ccc(Cl)cc1N(CC(=O)NCCCc1ccc(C)cc1)S(=O)(=O)c1ccc(C)c([N+](=O)[O-])c1. The minimum atomic E-state index is -4.42. The molecule has 11 heteroatoms. The van der Waals surface area contributed by atoms with Crippen LogP contribution in [-0.4, -0.2) is 39.4 Å². The zero-order valence-electron chi connectivity index (χ0n) is 20.7. The smallest absolute Gasteiger partial charge is 0.273 e. The van der Waals surface area contributed by atoms with Gasteiger partial charge in [0.05, 0.1) is 22.6 Å². The number of benzene rings is 3. The number of hydrogen-bond acceptors (Lipinski definition) is 6. The summed E-state index contributed by atoms with van der Waals surface area (Å²) in [5.41, 5.74) is 2.29. The number of ether oxygens (including phenoxy) is 1. The molecule has 3 rings (SSSR count). The molecule has 1 amide bonds. The van der Waals surface area contributed by atoms with Crippen molar-refractivity contribution in [1.82, 2.24) is 5.32 Å². The molecule has 0 radical (unpaired) electrons. The molecule has 3 aromatic carbocycles. The number of aryl methyl sites for hydroxylation is 3. The summed E-state index contributed by atoms with van der Waals surface area (Å²) in [6.45, 7) is 3.28. The molecule has 0 spiro atoms. The van der Waals surface area contributed by atoms with Crippen LogP contribution < -0.4 is 14.4 Å². The molecular formula is C26H28ClN3O6S. The van der Waals surface area contributed by atoms with E-state index in [1.54, 1.807) is 0 Å². The molecular weight excluding hydrogens is 518 g/mol. The third-order valence-electron chi connectivity index (χ3n) is 5.75. The van der Waals surface area contributed by atoms with E-state index >= 15 is 0 Å². The maximum absolute atomic E-state index is 13.7. The van der Waals surface area contributed by atoms with Crippen LogP contribution in [0.15, 0.2) is 65.6 Å². The molecule has 0 saturated carbocycles. The number of amides is 1. The number of carbonyl (C=O) groups is 1. The molecule has 0 aromatic heterocycles. The number of halogens is 1. The average molecular weight is 546 g/mol. The quantitative estimate of drug-likeness (QED) is 0.210. The predicted molar refractivity (Wildman–Crippen MR) is 143 cm³/mol. The Balaban J connectivity index is 1.87. The molecule has 0 saturated heterocycles. The number of carbonyl (C=O) groups excluding carboxylic acids is 1. The Hall–Kier alpha value is -3.63. The topological polar surface area (TPSA) is 119 Å². The van der Waals surface area contributed by atoms with Crippen molar-refractivity contribution in [3.63, 3.8) is 0 Å². The Morgan fingerprint density at radius 1 is 1.08 bits per heavy atom. The Labute approximate surface area is 221 Å². The van der Waals surface area contributed by atoms with Crippen molar-refractivity contribution in [2.45, 2.75) is 31.6 Å². The largest absolute Gasteiger partial charge is 0.495 e. The van der Waals surface area contributed by atoms with Gasteiger partial charge in [-0.15, -0.1) is 0 Å². The number of hydrogen-bond donors (Lipinski definition) is 1. The molecule has 0 fully saturated rings. The van der Waals surface area contributed by atoms with Gasteiger partial charge >= 0.3 is 0 Å². The molecule has 3 aromatic rings. The first-order valence-corrected chi connectivity index (χ1v) is 13.3. The van der Waals surface area contributed by atoms with Crippen molar-refractivity contribution in [2.75, 3.05) is 24.5 Å². The maximum atomic E-state index is 13.7. The summed E-state index contributed by atoms with van der Waals surface area (Å²) in [4.78, 5) is 23.3. The average Bonchev–Trinajstić information content (AvgIpc) is 2.86. The van der Waals surface area contributed by atoms with Gasteiger partial charge in [-0.05, 0) is 56.5 Å². The van der Waals surface area contributed by atoms with Gasteiger partial charge in [-0.1, -0.05) is 47.5 Å². The standard InChI is InChI=1S/C26H28ClN3O6S/c1-18-6-9-20(10-7-18)5-4-14-28-26(31)17-29(24-15-21(27)11-13-25(24)36-3)37(34,35)22-12-8-19(2)23(16-22)30(32)33/h6-13,15-16H,4-5,14,17H2,1-3H3,(H,28,31). The Morgan fingerprint density at radius 3 is 2.43 bits per heavy atom. The summed E-state index contributed by atoms with van der Waals surface area (Å²) in [7, 11) is -3.06. The van der Waals surface area contributed by atoms with E-state index in [2.05, 4.69) is 5.32 Å². The molecule has 1 N–H and O–H groups in total. The highest BCUT2D eigenvalue weighted by atomic mass is 35.5. The number of anilines is 1. The summed E-state index contributed by atoms with van der Waals surface area (Å²) in [6, 6.07) is 16.1. The van der Waals surface area contributed by atoms with Gasteiger partial charge < -0.3 is 10.1 Å². The molecule has 196 valence electrons. The normalized spacial score (nSPS) is 11.1. The number of rotatable bonds is 11. The summed E-state index contributed by atoms with van der Waals surface area (Å²) in [5.74, 6) is -0.377. The van der Waals surface area contributed by atoms with Gasteiger partial charge in [0.25, 0.3) is 15.7 Å². The van der Waals surface area contributed by atoms with Crippen molar-refractivity contribution >= 4 is 38.9 Å². The van der Waals surface area contributed by atoms with E-state index in [-0.39, 0.29) is 27.0 Å². The summed E-state index contributed by atoms with van der Waals surface area (Å²) < 4.78 is 33.6. The van der Waals surface area contributed by atoms with Crippen LogP contribution >= 0.6 is 11.6 Å². The van der Waals surface area contributed by atoms with Crippen LogP contribution in [0.2, 0.25) is 5.02 Å². The minimum Gasteiger partial charge on any atom is -0.495 e. The second-order valence-electron chi connectivity index (χ2n) is 8.47. The number of nitro groups is 1.